The number of pyridine rings is 1. The Morgan fingerprint density at radius 2 is 1.96 bits per heavy atom. The van der Waals surface area contributed by atoms with Gasteiger partial charge in [0.1, 0.15) is 5.52 Å². The zero-order chi connectivity index (χ0) is 16.4. The van der Waals surface area contributed by atoms with Gasteiger partial charge in [0.15, 0.2) is 17.4 Å². The number of aromatic hydroxyl groups is 1. The highest BCUT2D eigenvalue weighted by atomic mass is 19.2. The second-order valence-corrected chi connectivity index (χ2v) is 4.97. The standard InChI is InChI=1S/C17H12F2N2O2/c18-13-6-3-10(8-14(13)19)9-21-17(23)12-5-4-11-2-1-7-20-15(11)16(12)22/h1-8,22H,9H2,(H,21,23). The molecule has 2 N–H and O–H groups in total. The molecule has 0 saturated carbocycles. The fourth-order valence-electron chi connectivity index (χ4n) is 2.24. The Morgan fingerprint density at radius 3 is 2.74 bits per heavy atom. The van der Waals surface area contributed by atoms with E-state index >= 15 is 0 Å². The first kappa shape index (κ1) is 14.9. The zero-order valence-corrected chi connectivity index (χ0v) is 11.9. The third-order valence-electron chi connectivity index (χ3n) is 3.43. The third-order valence-corrected chi connectivity index (χ3v) is 3.43. The zero-order valence-electron chi connectivity index (χ0n) is 11.9. The molecule has 0 aliphatic heterocycles. The number of nitrogens with one attached hydrogen (secondary N) is 1. The Morgan fingerprint density at radius 1 is 1.13 bits per heavy atom. The molecule has 0 fully saturated rings. The third kappa shape index (κ3) is 2.96. The average molecular weight is 314 g/mol. The Labute approximate surface area is 130 Å². The maximum atomic E-state index is 13.1. The fraction of sp³-hybridized carbons (Fsp3) is 0.0588. The molecular formula is C17H12F2N2O2. The van der Waals surface area contributed by atoms with Crippen LogP contribution in [0.25, 0.3) is 10.9 Å². The van der Waals surface area contributed by atoms with Crippen LogP contribution < -0.4 is 5.32 Å². The summed E-state index contributed by atoms with van der Waals surface area (Å²) in [7, 11) is 0. The average Bonchev–Trinajstić information content (AvgIpc) is 2.56. The number of rotatable bonds is 3. The number of hydrogen-bond donors (Lipinski definition) is 2. The van der Waals surface area contributed by atoms with E-state index in [1.54, 1.807) is 18.2 Å². The van der Waals surface area contributed by atoms with E-state index in [4.69, 9.17) is 0 Å². The van der Waals surface area contributed by atoms with E-state index in [2.05, 4.69) is 10.3 Å². The molecule has 23 heavy (non-hydrogen) atoms. The molecule has 0 aliphatic carbocycles. The topological polar surface area (TPSA) is 62.2 Å². The molecule has 0 bridgehead atoms. The summed E-state index contributed by atoms with van der Waals surface area (Å²) in [6.07, 6.45) is 1.52. The largest absolute Gasteiger partial charge is 0.505 e. The van der Waals surface area contributed by atoms with Gasteiger partial charge in [-0.15, -0.1) is 0 Å². The lowest BCUT2D eigenvalue weighted by molar-refractivity contribution is 0.0948. The van der Waals surface area contributed by atoms with Crippen LogP contribution in [0.2, 0.25) is 0 Å². The molecular weight excluding hydrogens is 302 g/mol. The molecule has 0 radical (unpaired) electrons. The summed E-state index contributed by atoms with van der Waals surface area (Å²) in [6.45, 7) is 0.00965. The predicted molar refractivity (Wildman–Crippen MR) is 80.9 cm³/mol. The number of phenolic OH excluding ortho intramolecular Hbond substituents is 1. The van der Waals surface area contributed by atoms with Gasteiger partial charge in [0.2, 0.25) is 0 Å². The van der Waals surface area contributed by atoms with Gasteiger partial charge in [-0.1, -0.05) is 18.2 Å². The molecule has 0 spiro atoms. The highest BCUT2D eigenvalue weighted by Crippen LogP contribution is 2.26. The number of carbonyl (C=O) groups is 1. The van der Waals surface area contributed by atoms with Gasteiger partial charge in [-0.25, -0.2) is 8.78 Å². The first-order chi connectivity index (χ1) is 11.1. The minimum atomic E-state index is -0.977. The number of nitrogens with zero attached hydrogens (tertiary/aromatic N) is 1. The first-order valence-electron chi connectivity index (χ1n) is 6.85. The Kier molecular flexibility index (Phi) is 3.89. The quantitative estimate of drug-likeness (QED) is 0.780. The van der Waals surface area contributed by atoms with Crippen LogP contribution in [-0.2, 0) is 6.54 Å². The van der Waals surface area contributed by atoms with Crippen molar-refractivity contribution >= 4 is 16.8 Å². The van der Waals surface area contributed by atoms with Crippen molar-refractivity contribution in [3.63, 3.8) is 0 Å². The molecule has 0 aliphatic rings. The number of hydrogen-bond acceptors (Lipinski definition) is 3. The molecule has 3 aromatic rings. The highest BCUT2D eigenvalue weighted by Gasteiger charge is 2.14. The van der Waals surface area contributed by atoms with Crippen LogP contribution in [0.4, 0.5) is 8.78 Å². The van der Waals surface area contributed by atoms with Crippen molar-refractivity contribution in [2.24, 2.45) is 0 Å². The van der Waals surface area contributed by atoms with Crippen molar-refractivity contribution in [1.82, 2.24) is 10.3 Å². The molecule has 4 nitrogen and oxygen atoms in total. The van der Waals surface area contributed by atoms with Crippen LogP contribution >= 0.6 is 0 Å². The lowest BCUT2D eigenvalue weighted by atomic mass is 10.1. The molecule has 116 valence electrons. The minimum absolute atomic E-state index is 0.00965. The number of phenols is 1. The summed E-state index contributed by atoms with van der Waals surface area (Å²) in [5, 5.41) is 13.4. The molecule has 1 aromatic heterocycles. The number of aromatic nitrogens is 1. The van der Waals surface area contributed by atoms with E-state index in [0.717, 1.165) is 12.1 Å². The van der Waals surface area contributed by atoms with Crippen LogP contribution in [-0.4, -0.2) is 16.0 Å². The smallest absolute Gasteiger partial charge is 0.255 e. The molecule has 0 saturated heterocycles. The van der Waals surface area contributed by atoms with Crippen molar-refractivity contribution in [2.75, 3.05) is 0 Å². The van der Waals surface area contributed by atoms with Crippen LogP contribution in [0.15, 0.2) is 48.7 Å². The van der Waals surface area contributed by atoms with E-state index in [1.807, 2.05) is 0 Å². The van der Waals surface area contributed by atoms with Crippen molar-refractivity contribution in [2.45, 2.75) is 6.54 Å². The van der Waals surface area contributed by atoms with E-state index in [0.29, 0.717) is 16.5 Å². The number of amides is 1. The molecule has 3 rings (SSSR count). The lowest BCUT2D eigenvalue weighted by Gasteiger charge is -2.09. The monoisotopic (exact) mass is 314 g/mol. The number of benzene rings is 2. The first-order valence-corrected chi connectivity index (χ1v) is 6.85. The maximum Gasteiger partial charge on any atom is 0.255 e. The summed E-state index contributed by atoms with van der Waals surface area (Å²) in [4.78, 5) is 16.2. The molecule has 0 unspecified atom stereocenters. The summed E-state index contributed by atoms with van der Waals surface area (Å²) >= 11 is 0. The second kappa shape index (κ2) is 6.00. The molecule has 0 atom stereocenters. The fourth-order valence-corrected chi connectivity index (χ4v) is 2.24. The van der Waals surface area contributed by atoms with E-state index < -0.39 is 17.5 Å². The summed E-state index contributed by atoms with van der Waals surface area (Å²) in [6, 6.07) is 10.0. The van der Waals surface area contributed by atoms with Gasteiger partial charge in [0.05, 0.1) is 5.56 Å². The van der Waals surface area contributed by atoms with Gasteiger partial charge in [-0.3, -0.25) is 9.78 Å². The molecule has 6 heteroatoms. The normalized spacial score (nSPS) is 10.7. The number of fused-ring (bicyclic) bond motifs is 1. The van der Waals surface area contributed by atoms with Gasteiger partial charge in [-0.2, -0.15) is 0 Å². The summed E-state index contributed by atoms with van der Waals surface area (Å²) in [5.41, 5.74) is 0.808. The van der Waals surface area contributed by atoms with E-state index in [1.165, 1.54) is 18.3 Å². The van der Waals surface area contributed by atoms with Gasteiger partial charge < -0.3 is 10.4 Å². The second-order valence-electron chi connectivity index (χ2n) is 4.97. The van der Waals surface area contributed by atoms with Crippen LogP contribution in [0.5, 0.6) is 5.75 Å². The van der Waals surface area contributed by atoms with Gasteiger partial charge in [0.25, 0.3) is 5.91 Å². The number of carbonyl (C=O) groups excluding carboxylic acids is 1. The van der Waals surface area contributed by atoms with Crippen LogP contribution in [0.1, 0.15) is 15.9 Å². The van der Waals surface area contributed by atoms with Crippen molar-refractivity contribution in [3.05, 3.63) is 71.4 Å². The summed E-state index contributed by atoms with van der Waals surface area (Å²) in [5.74, 6) is -2.67. The Hall–Kier alpha value is -3.02. The summed E-state index contributed by atoms with van der Waals surface area (Å²) < 4.78 is 26.0. The molecule has 2 aromatic carbocycles. The van der Waals surface area contributed by atoms with Crippen molar-refractivity contribution in [3.8, 4) is 5.75 Å². The van der Waals surface area contributed by atoms with Gasteiger partial charge in [-0.05, 0) is 29.8 Å². The Bertz CT molecular complexity index is 897. The predicted octanol–water partition coefficient (Wildman–Crippen LogP) is 3.15. The van der Waals surface area contributed by atoms with Crippen LogP contribution in [0, 0.1) is 11.6 Å². The number of halogens is 2. The molecule has 1 amide bonds. The van der Waals surface area contributed by atoms with Crippen molar-refractivity contribution < 1.29 is 18.7 Å². The van der Waals surface area contributed by atoms with E-state index in [9.17, 15) is 18.7 Å². The van der Waals surface area contributed by atoms with Crippen molar-refractivity contribution in [1.29, 1.82) is 0 Å². The highest BCUT2D eigenvalue weighted by molar-refractivity contribution is 6.02. The minimum Gasteiger partial charge on any atom is -0.505 e. The van der Waals surface area contributed by atoms with Gasteiger partial charge >= 0.3 is 0 Å². The lowest BCUT2D eigenvalue weighted by Crippen LogP contribution is -2.23. The van der Waals surface area contributed by atoms with Gasteiger partial charge in [0, 0.05) is 18.1 Å². The Balaban J connectivity index is 1.80. The van der Waals surface area contributed by atoms with E-state index in [-0.39, 0.29) is 17.9 Å². The van der Waals surface area contributed by atoms with Crippen LogP contribution in [0.3, 0.4) is 0 Å². The molecule has 1 heterocycles. The maximum absolute atomic E-state index is 13.1. The SMILES string of the molecule is O=C(NCc1ccc(F)c(F)c1)c1ccc2cccnc2c1O.